The molecule has 3 aliphatic rings. The van der Waals surface area contributed by atoms with E-state index in [1.165, 1.54) is 0 Å². The van der Waals surface area contributed by atoms with Crippen LogP contribution in [0.1, 0.15) is 56.1 Å². The molecular formula is C24H31FN4O2. The normalized spacial score (nSPS) is 23.5. The number of alkyl halides is 1. The molecule has 0 spiro atoms. The molecule has 1 fully saturated rings. The van der Waals surface area contributed by atoms with Gasteiger partial charge in [0.15, 0.2) is 0 Å². The Labute approximate surface area is 183 Å². The summed E-state index contributed by atoms with van der Waals surface area (Å²) in [6.07, 6.45) is 8.23. The van der Waals surface area contributed by atoms with E-state index in [9.17, 15) is 14.0 Å². The lowest BCUT2D eigenvalue weighted by Gasteiger charge is -2.33. The molecule has 2 amide bonds. The number of allylic oxidation sites excluding steroid dienone is 2. The number of anilines is 1. The van der Waals surface area contributed by atoms with Crippen molar-refractivity contribution >= 4 is 17.6 Å². The van der Waals surface area contributed by atoms with E-state index in [2.05, 4.69) is 16.5 Å². The minimum Gasteiger partial charge on any atom is -0.337 e. The van der Waals surface area contributed by atoms with Gasteiger partial charge in [0, 0.05) is 43.0 Å². The Hall–Kier alpha value is -2.83. The van der Waals surface area contributed by atoms with Crippen LogP contribution in [-0.4, -0.2) is 51.9 Å². The van der Waals surface area contributed by atoms with Crippen LogP contribution in [0.4, 0.5) is 10.2 Å². The number of H-pyrrole nitrogens is 1. The fraction of sp³-hybridized carbons (Fsp3) is 0.500. The van der Waals surface area contributed by atoms with Crippen LogP contribution >= 0.6 is 0 Å². The standard InChI is InChI=1S/C24H31FN4O2/c1-5-24(25)9-12-27(15-24)23(31)20-14-18-7-6-10-29(21(18)26-20)19-8-11-28(17(4)13-19)22(30)16(2)3/h8,11,13-14,16,26H,4-7,9-10,12,15H2,1-3H3. The summed E-state index contributed by atoms with van der Waals surface area (Å²) in [4.78, 5) is 34.0. The van der Waals surface area contributed by atoms with Gasteiger partial charge in [0.1, 0.15) is 17.2 Å². The van der Waals surface area contributed by atoms with Gasteiger partial charge in [-0.15, -0.1) is 0 Å². The molecular weight excluding hydrogens is 395 g/mol. The van der Waals surface area contributed by atoms with Crippen LogP contribution in [0.5, 0.6) is 0 Å². The van der Waals surface area contributed by atoms with E-state index in [1.807, 2.05) is 39.0 Å². The molecule has 0 aromatic carbocycles. The van der Waals surface area contributed by atoms with Gasteiger partial charge in [-0.25, -0.2) is 4.39 Å². The molecule has 4 rings (SSSR count). The first kappa shape index (κ1) is 21.4. The smallest absolute Gasteiger partial charge is 0.270 e. The number of aromatic nitrogens is 1. The number of aromatic amines is 1. The third kappa shape index (κ3) is 3.93. The number of rotatable bonds is 4. The number of hydrogen-bond donors (Lipinski definition) is 1. The van der Waals surface area contributed by atoms with Crippen LogP contribution in [0.15, 0.2) is 42.4 Å². The first-order chi connectivity index (χ1) is 14.7. The summed E-state index contributed by atoms with van der Waals surface area (Å²) < 4.78 is 14.6. The van der Waals surface area contributed by atoms with E-state index in [0.717, 1.165) is 36.5 Å². The predicted octanol–water partition coefficient (Wildman–Crippen LogP) is 4.14. The number of carbonyl (C=O) groups excluding carboxylic acids is 2. The zero-order valence-electron chi connectivity index (χ0n) is 18.6. The number of aryl methyl sites for hydroxylation is 1. The molecule has 0 radical (unpaired) electrons. The molecule has 4 heterocycles. The molecule has 3 aliphatic heterocycles. The van der Waals surface area contributed by atoms with Gasteiger partial charge in [-0.1, -0.05) is 27.4 Å². The van der Waals surface area contributed by atoms with Crippen LogP contribution in [-0.2, 0) is 11.2 Å². The zero-order valence-corrected chi connectivity index (χ0v) is 18.6. The molecule has 1 aromatic rings. The van der Waals surface area contributed by atoms with Crippen LogP contribution in [0.3, 0.4) is 0 Å². The summed E-state index contributed by atoms with van der Waals surface area (Å²) in [6, 6.07) is 1.91. The van der Waals surface area contributed by atoms with Crippen molar-refractivity contribution in [3.63, 3.8) is 0 Å². The van der Waals surface area contributed by atoms with Crippen LogP contribution in [0.25, 0.3) is 0 Å². The Balaban J connectivity index is 1.55. The van der Waals surface area contributed by atoms with E-state index in [4.69, 9.17) is 0 Å². The highest BCUT2D eigenvalue weighted by Crippen LogP contribution is 2.34. The maximum absolute atomic E-state index is 14.6. The van der Waals surface area contributed by atoms with E-state index < -0.39 is 5.67 Å². The third-order valence-corrected chi connectivity index (χ3v) is 6.49. The van der Waals surface area contributed by atoms with E-state index >= 15 is 0 Å². The minimum absolute atomic E-state index is 0.00488. The van der Waals surface area contributed by atoms with Gasteiger partial charge >= 0.3 is 0 Å². The number of likely N-dealkylation sites (tertiary alicyclic amines) is 1. The minimum atomic E-state index is -1.27. The highest BCUT2D eigenvalue weighted by atomic mass is 19.1. The summed E-state index contributed by atoms with van der Waals surface area (Å²) in [5, 5.41) is 0. The number of hydrogen-bond acceptors (Lipinski definition) is 3. The Kier molecular flexibility index (Phi) is 5.54. The molecule has 1 atom stereocenters. The Morgan fingerprint density at radius 2 is 2.10 bits per heavy atom. The molecule has 1 unspecified atom stereocenters. The molecule has 0 aliphatic carbocycles. The van der Waals surface area contributed by atoms with Gasteiger partial charge in [-0.05, 0) is 43.0 Å². The van der Waals surface area contributed by atoms with Crippen LogP contribution in [0.2, 0.25) is 0 Å². The number of fused-ring (bicyclic) bond motifs is 1. The quantitative estimate of drug-likeness (QED) is 0.787. The number of carbonyl (C=O) groups is 2. The van der Waals surface area contributed by atoms with Crippen molar-refractivity contribution in [2.45, 2.75) is 52.1 Å². The van der Waals surface area contributed by atoms with Crippen molar-refractivity contribution in [2.75, 3.05) is 24.5 Å². The van der Waals surface area contributed by atoms with E-state index in [-0.39, 0.29) is 24.3 Å². The lowest BCUT2D eigenvalue weighted by atomic mass is 10.0. The fourth-order valence-corrected chi connectivity index (χ4v) is 4.49. The summed E-state index contributed by atoms with van der Waals surface area (Å²) in [5.41, 5.74) is 1.87. The number of nitrogens with zero attached hydrogens (tertiary/aromatic N) is 3. The van der Waals surface area contributed by atoms with Crippen molar-refractivity contribution in [3.05, 3.63) is 53.6 Å². The topological polar surface area (TPSA) is 59.7 Å². The van der Waals surface area contributed by atoms with Gasteiger partial charge in [0.25, 0.3) is 5.91 Å². The highest BCUT2D eigenvalue weighted by Gasteiger charge is 2.39. The van der Waals surface area contributed by atoms with Gasteiger partial charge in [0.2, 0.25) is 5.91 Å². The molecule has 0 saturated carbocycles. The third-order valence-electron chi connectivity index (χ3n) is 6.49. The largest absolute Gasteiger partial charge is 0.337 e. The summed E-state index contributed by atoms with van der Waals surface area (Å²) in [6.45, 7) is 11.0. The molecule has 1 saturated heterocycles. The van der Waals surface area contributed by atoms with Crippen molar-refractivity contribution in [1.82, 2.24) is 14.8 Å². The lowest BCUT2D eigenvalue weighted by Crippen LogP contribution is -2.34. The average molecular weight is 427 g/mol. The SMILES string of the molecule is C=C1C=C(N2CCCc3cc(C(=O)N4CCC(F)(CC)C4)[nH]c32)C=CN1C(=O)C(C)C. The van der Waals surface area contributed by atoms with E-state index in [1.54, 1.807) is 16.0 Å². The second kappa shape index (κ2) is 8.02. The van der Waals surface area contributed by atoms with E-state index in [0.29, 0.717) is 30.8 Å². The molecule has 31 heavy (non-hydrogen) atoms. The predicted molar refractivity (Wildman–Crippen MR) is 119 cm³/mol. The first-order valence-electron chi connectivity index (χ1n) is 11.1. The fourth-order valence-electron chi connectivity index (χ4n) is 4.49. The maximum Gasteiger partial charge on any atom is 0.270 e. The van der Waals surface area contributed by atoms with Gasteiger partial charge in [-0.3, -0.25) is 14.5 Å². The van der Waals surface area contributed by atoms with Crippen molar-refractivity contribution in [1.29, 1.82) is 0 Å². The summed E-state index contributed by atoms with van der Waals surface area (Å²) >= 11 is 0. The lowest BCUT2D eigenvalue weighted by molar-refractivity contribution is -0.130. The Bertz CT molecular complexity index is 976. The zero-order chi connectivity index (χ0) is 22.3. The Morgan fingerprint density at radius 1 is 1.32 bits per heavy atom. The summed E-state index contributed by atoms with van der Waals surface area (Å²) in [5.74, 6) is 0.637. The maximum atomic E-state index is 14.6. The molecule has 6 nitrogen and oxygen atoms in total. The summed E-state index contributed by atoms with van der Waals surface area (Å²) in [7, 11) is 0. The molecule has 0 bridgehead atoms. The van der Waals surface area contributed by atoms with Crippen molar-refractivity contribution in [2.24, 2.45) is 5.92 Å². The highest BCUT2D eigenvalue weighted by molar-refractivity contribution is 5.94. The molecule has 7 heteroatoms. The van der Waals surface area contributed by atoms with Crippen molar-refractivity contribution in [3.8, 4) is 0 Å². The van der Waals surface area contributed by atoms with Gasteiger partial charge in [-0.2, -0.15) is 0 Å². The van der Waals surface area contributed by atoms with Crippen LogP contribution in [0, 0.1) is 5.92 Å². The number of nitrogens with one attached hydrogen (secondary N) is 1. The van der Waals surface area contributed by atoms with Crippen LogP contribution < -0.4 is 4.90 Å². The number of amides is 2. The second-order valence-corrected chi connectivity index (χ2v) is 9.03. The molecule has 1 N–H and O–H groups in total. The monoisotopic (exact) mass is 426 g/mol. The Morgan fingerprint density at radius 3 is 2.74 bits per heavy atom. The average Bonchev–Trinajstić information content (AvgIpc) is 3.37. The number of halogens is 1. The molecule has 166 valence electrons. The second-order valence-electron chi connectivity index (χ2n) is 9.03. The van der Waals surface area contributed by atoms with Gasteiger partial charge in [0.05, 0.1) is 6.54 Å². The molecule has 1 aromatic heterocycles. The van der Waals surface area contributed by atoms with Crippen molar-refractivity contribution < 1.29 is 14.0 Å². The van der Waals surface area contributed by atoms with Gasteiger partial charge < -0.3 is 14.8 Å². The first-order valence-corrected chi connectivity index (χ1v) is 11.1.